The van der Waals surface area contributed by atoms with E-state index >= 15 is 0 Å². The molecule has 0 heterocycles. The zero-order valence-electron chi connectivity index (χ0n) is 14.1. The van der Waals surface area contributed by atoms with Crippen LogP contribution in [0.2, 0.25) is 0 Å². The quantitative estimate of drug-likeness (QED) is 0.874. The summed E-state index contributed by atoms with van der Waals surface area (Å²) in [6.45, 7) is 7.23. The van der Waals surface area contributed by atoms with Gasteiger partial charge >= 0.3 is 0 Å². The number of amides is 1. The first-order valence-corrected chi connectivity index (χ1v) is 8.57. The maximum atomic E-state index is 12.6. The minimum absolute atomic E-state index is 0.135. The molecule has 1 aromatic carbocycles. The van der Waals surface area contributed by atoms with Crippen molar-refractivity contribution in [3.63, 3.8) is 0 Å². The van der Waals surface area contributed by atoms with Crippen LogP contribution in [0.4, 0.5) is 0 Å². The van der Waals surface area contributed by atoms with Crippen LogP contribution in [0, 0.1) is 23.7 Å². The lowest BCUT2D eigenvalue weighted by molar-refractivity contribution is -0.129. The molecular weight excluding hydrogens is 272 g/mol. The van der Waals surface area contributed by atoms with Crippen molar-refractivity contribution in [2.24, 2.45) is 29.4 Å². The Balaban J connectivity index is 1.92. The average Bonchev–Trinajstić information content (AvgIpc) is 2.52. The lowest BCUT2D eigenvalue weighted by Gasteiger charge is -2.36. The third-order valence-electron chi connectivity index (χ3n) is 5.08. The molecule has 3 nitrogen and oxygen atoms in total. The van der Waals surface area contributed by atoms with E-state index in [0.717, 1.165) is 12.0 Å². The van der Waals surface area contributed by atoms with Crippen molar-refractivity contribution < 1.29 is 4.79 Å². The summed E-state index contributed by atoms with van der Waals surface area (Å²) >= 11 is 0. The van der Waals surface area contributed by atoms with E-state index in [-0.39, 0.29) is 17.9 Å². The number of rotatable bonds is 5. The van der Waals surface area contributed by atoms with Crippen molar-refractivity contribution in [3.05, 3.63) is 35.9 Å². The molecule has 0 aliphatic heterocycles. The predicted octanol–water partition coefficient (Wildman–Crippen LogP) is 3.51. The van der Waals surface area contributed by atoms with E-state index in [2.05, 4.69) is 26.1 Å². The Hall–Kier alpha value is -1.35. The van der Waals surface area contributed by atoms with Crippen molar-refractivity contribution in [1.29, 1.82) is 0 Å². The summed E-state index contributed by atoms with van der Waals surface area (Å²) in [5.74, 6) is 2.05. The SMILES string of the molecule is CC1CC[C@@H](C(C)C)C(C(=O)NCC(N)c2ccccc2)C1. The number of benzene rings is 1. The smallest absolute Gasteiger partial charge is 0.223 e. The Morgan fingerprint density at radius 3 is 2.59 bits per heavy atom. The monoisotopic (exact) mass is 302 g/mol. The largest absolute Gasteiger partial charge is 0.354 e. The highest BCUT2D eigenvalue weighted by molar-refractivity contribution is 5.79. The lowest BCUT2D eigenvalue weighted by atomic mass is 9.70. The minimum Gasteiger partial charge on any atom is -0.354 e. The van der Waals surface area contributed by atoms with E-state index in [1.807, 2.05) is 30.3 Å². The van der Waals surface area contributed by atoms with Gasteiger partial charge in [-0.25, -0.2) is 0 Å². The molecule has 0 bridgehead atoms. The van der Waals surface area contributed by atoms with Crippen molar-refractivity contribution in [3.8, 4) is 0 Å². The van der Waals surface area contributed by atoms with Crippen LogP contribution < -0.4 is 11.1 Å². The molecule has 0 saturated heterocycles. The molecule has 4 atom stereocenters. The van der Waals surface area contributed by atoms with Gasteiger partial charge in [0.1, 0.15) is 0 Å². The highest BCUT2D eigenvalue weighted by atomic mass is 16.1. The van der Waals surface area contributed by atoms with Gasteiger partial charge in [-0.1, -0.05) is 57.5 Å². The third-order valence-corrected chi connectivity index (χ3v) is 5.08. The fourth-order valence-electron chi connectivity index (χ4n) is 3.66. The van der Waals surface area contributed by atoms with Gasteiger partial charge in [-0.05, 0) is 36.2 Å². The molecule has 3 heteroatoms. The summed E-state index contributed by atoms with van der Waals surface area (Å²) < 4.78 is 0. The first-order valence-electron chi connectivity index (χ1n) is 8.57. The summed E-state index contributed by atoms with van der Waals surface area (Å²) in [6.07, 6.45) is 3.42. The van der Waals surface area contributed by atoms with Crippen LogP contribution in [0.3, 0.4) is 0 Å². The molecular formula is C19H30N2O. The Labute approximate surface area is 134 Å². The number of hydrogen-bond donors (Lipinski definition) is 2. The second kappa shape index (κ2) is 7.77. The maximum Gasteiger partial charge on any atom is 0.223 e. The van der Waals surface area contributed by atoms with Crippen LogP contribution in [0.15, 0.2) is 30.3 Å². The van der Waals surface area contributed by atoms with Crippen molar-refractivity contribution in [2.75, 3.05) is 6.54 Å². The van der Waals surface area contributed by atoms with Crippen molar-refractivity contribution >= 4 is 5.91 Å². The Bertz CT molecular complexity index is 472. The molecule has 22 heavy (non-hydrogen) atoms. The fraction of sp³-hybridized carbons (Fsp3) is 0.632. The van der Waals surface area contributed by atoms with E-state index in [4.69, 9.17) is 5.73 Å². The molecule has 1 aliphatic carbocycles. The number of carbonyl (C=O) groups excluding carboxylic acids is 1. The first kappa shape index (κ1) is 17.0. The Morgan fingerprint density at radius 2 is 1.95 bits per heavy atom. The molecule has 3 unspecified atom stereocenters. The molecule has 1 fully saturated rings. The van der Waals surface area contributed by atoms with Crippen LogP contribution in [-0.4, -0.2) is 12.5 Å². The summed E-state index contributed by atoms with van der Waals surface area (Å²) in [4.78, 5) is 12.6. The topological polar surface area (TPSA) is 55.1 Å². The summed E-state index contributed by atoms with van der Waals surface area (Å²) in [6, 6.07) is 9.82. The van der Waals surface area contributed by atoms with Gasteiger partial charge in [0.05, 0.1) is 0 Å². The van der Waals surface area contributed by atoms with Crippen LogP contribution in [0.1, 0.15) is 51.6 Å². The second-order valence-electron chi connectivity index (χ2n) is 7.19. The zero-order valence-corrected chi connectivity index (χ0v) is 14.1. The highest BCUT2D eigenvalue weighted by Crippen LogP contribution is 2.38. The van der Waals surface area contributed by atoms with Gasteiger partial charge in [-0.3, -0.25) is 4.79 Å². The molecule has 0 aromatic heterocycles. The van der Waals surface area contributed by atoms with Crippen LogP contribution in [0.5, 0.6) is 0 Å². The van der Waals surface area contributed by atoms with Gasteiger partial charge in [0.2, 0.25) is 5.91 Å². The van der Waals surface area contributed by atoms with E-state index < -0.39 is 0 Å². The van der Waals surface area contributed by atoms with Gasteiger partial charge in [0.25, 0.3) is 0 Å². The lowest BCUT2D eigenvalue weighted by Crippen LogP contribution is -2.42. The van der Waals surface area contributed by atoms with Crippen molar-refractivity contribution in [1.82, 2.24) is 5.32 Å². The molecule has 1 aliphatic rings. The van der Waals surface area contributed by atoms with Crippen LogP contribution in [-0.2, 0) is 4.79 Å². The molecule has 1 aromatic rings. The van der Waals surface area contributed by atoms with E-state index in [9.17, 15) is 4.79 Å². The molecule has 122 valence electrons. The molecule has 0 spiro atoms. The van der Waals surface area contributed by atoms with Crippen LogP contribution in [0.25, 0.3) is 0 Å². The molecule has 1 amide bonds. The number of carbonyl (C=O) groups is 1. The van der Waals surface area contributed by atoms with E-state index in [0.29, 0.717) is 24.3 Å². The summed E-state index contributed by atoms with van der Waals surface area (Å²) in [5, 5.41) is 3.09. The zero-order chi connectivity index (χ0) is 16.1. The molecule has 3 N–H and O–H groups in total. The fourth-order valence-corrected chi connectivity index (χ4v) is 3.66. The normalized spacial score (nSPS) is 26.7. The van der Waals surface area contributed by atoms with Gasteiger partial charge in [0, 0.05) is 18.5 Å². The highest BCUT2D eigenvalue weighted by Gasteiger charge is 2.35. The number of nitrogens with one attached hydrogen (secondary N) is 1. The third kappa shape index (κ3) is 4.33. The van der Waals surface area contributed by atoms with E-state index in [1.54, 1.807) is 0 Å². The van der Waals surface area contributed by atoms with E-state index in [1.165, 1.54) is 12.8 Å². The summed E-state index contributed by atoms with van der Waals surface area (Å²) in [5.41, 5.74) is 7.25. The second-order valence-corrected chi connectivity index (χ2v) is 7.19. The van der Waals surface area contributed by atoms with Gasteiger partial charge < -0.3 is 11.1 Å². The van der Waals surface area contributed by atoms with Gasteiger partial charge in [-0.2, -0.15) is 0 Å². The van der Waals surface area contributed by atoms with Gasteiger partial charge in [0.15, 0.2) is 0 Å². The standard InChI is InChI=1S/C19H30N2O/c1-13(2)16-10-9-14(3)11-17(16)19(22)21-12-18(20)15-7-5-4-6-8-15/h4-8,13-14,16-18H,9-12,20H2,1-3H3,(H,21,22)/t14?,16-,17?,18?/m0/s1. The number of nitrogens with two attached hydrogens (primary N) is 1. The summed E-state index contributed by atoms with van der Waals surface area (Å²) in [7, 11) is 0. The molecule has 0 radical (unpaired) electrons. The maximum absolute atomic E-state index is 12.6. The predicted molar refractivity (Wildman–Crippen MR) is 91.2 cm³/mol. The Morgan fingerprint density at radius 1 is 1.27 bits per heavy atom. The van der Waals surface area contributed by atoms with Crippen molar-refractivity contribution in [2.45, 2.75) is 46.1 Å². The Kier molecular flexibility index (Phi) is 6.01. The van der Waals surface area contributed by atoms with Crippen LogP contribution >= 0.6 is 0 Å². The first-order chi connectivity index (χ1) is 10.5. The minimum atomic E-state index is -0.135. The number of hydrogen-bond acceptors (Lipinski definition) is 2. The molecule has 1 saturated carbocycles. The molecule has 2 rings (SSSR count). The average molecular weight is 302 g/mol. The van der Waals surface area contributed by atoms with Gasteiger partial charge in [-0.15, -0.1) is 0 Å².